The van der Waals surface area contributed by atoms with Crippen LogP contribution >= 0.6 is 0 Å². The number of aryl methyl sites for hydroxylation is 1. The largest absolute Gasteiger partial charge is 0.399 e. The van der Waals surface area contributed by atoms with E-state index in [0.717, 1.165) is 23.7 Å². The van der Waals surface area contributed by atoms with E-state index in [1.165, 1.54) is 44.2 Å². The third-order valence-electron chi connectivity index (χ3n) is 3.86. The molecule has 2 nitrogen and oxygen atoms in total. The SMILES string of the molecule is Cc1cc(NCCCC2CCCC2)ccc1N. The summed E-state index contributed by atoms with van der Waals surface area (Å²) in [5, 5.41) is 3.48. The van der Waals surface area contributed by atoms with Crippen molar-refractivity contribution in [2.45, 2.75) is 45.4 Å². The number of benzene rings is 1. The van der Waals surface area contributed by atoms with E-state index >= 15 is 0 Å². The van der Waals surface area contributed by atoms with Crippen molar-refractivity contribution >= 4 is 11.4 Å². The molecule has 0 saturated heterocycles. The Kier molecular flexibility index (Phi) is 4.29. The molecule has 17 heavy (non-hydrogen) atoms. The highest BCUT2D eigenvalue weighted by molar-refractivity contribution is 5.56. The lowest BCUT2D eigenvalue weighted by atomic mass is 10.0. The zero-order chi connectivity index (χ0) is 12.1. The fraction of sp³-hybridized carbons (Fsp3) is 0.600. The maximum Gasteiger partial charge on any atom is 0.0345 e. The molecule has 1 aromatic rings. The number of hydrogen-bond acceptors (Lipinski definition) is 2. The van der Waals surface area contributed by atoms with E-state index in [1.807, 2.05) is 6.07 Å². The maximum absolute atomic E-state index is 5.80. The minimum absolute atomic E-state index is 0.876. The second-order valence-electron chi connectivity index (χ2n) is 5.29. The van der Waals surface area contributed by atoms with Crippen molar-refractivity contribution in [3.05, 3.63) is 23.8 Å². The molecule has 1 aliphatic rings. The summed E-state index contributed by atoms with van der Waals surface area (Å²) < 4.78 is 0. The lowest BCUT2D eigenvalue weighted by molar-refractivity contribution is 0.491. The first-order valence-electron chi connectivity index (χ1n) is 6.86. The average Bonchev–Trinajstić information content (AvgIpc) is 2.82. The van der Waals surface area contributed by atoms with Crippen LogP contribution in [0, 0.1) is 12.8 Å². The molecular weight excluding hydrogens is 208 g/mol. The Morgan fingerprint density at radius 1 is 1.29 bits per heavy atom. The van der Waals surface area contributed by atoms with Gasteiger partial charge in [-0.15, -0.1) is 0 Å². The fourth-order valence-corrected chi connectivity index (χ4v) is 2.71. The molecule has 0 heterocycles. The molecule has 94 valence electrons. The van der Waals surface area contributed by atoms with Gasteiger partial charge in [-0.3, -0.25) is 0 Å². The van der Waals surface area contributed by atoms with Crippen LogP contribution < -0.4 is 11.1 Å². The van der Waals surface area contributed by atoms with E-state index in [2.05, 4.69) is 24.4 Å². The number of rotatable bonds is 5. The molecule has 0 aromatic heterocycles. The molecule has 0 aliphatic heterocycles. The van der Waals surface area contributed by atoms with Crippen molar-refractivity contribution in [2.24, 2.45) is 5.92 Å². The van der Waals surface area contributed by atoms with Gasteiger partial charge in [-0.2, -0.15) is 0 Å². The zero-order valence-corrected chi connectivity index (χ0v) is 10.8. The lowest BCUT2D eigenvalue weighted by Crippen LogP contribution is -2.04. The first kappa shape index (κ1) is 12.3. The second-order valence-corrected chi connectivity index (χ2v) is 5.29. The number of hydrogen-bond donors (Lipinski definition) is 2. The Labute approximate surface area is 105 Å². The van der Waals surface area contributed by atoms with Crippen LogP contribution in [0.4, 0.5) is 11.4 Å². The third kappa shape index (κ3) is 3.65. The Morgan fingerprint density at radius 3 is 2.76 bits per heavy atom. The highest BCUT2D eigenvalue weighted by atomic mass is 14.9. The summed E-state index contributed by atoms with van der Waals surface area (Å²) >= 11 is 0. The van der Waals surface area contributed by atoms with Gasteiger partial charge in [-0.05, 0) is 49.4 Å². The van der Waals surface area contributed by atoms with Gasteiger partial charge in [0, 0.05) is 17.9 Å². The maximum atomic E-state index is 5.80. The molecule has 0 radical (unpaired) electrons. The lowest BCUT2D eigenvalue weighted by Gasteiger charge is -2.11. The predicted molar refractivity (Wildman–Crippen MR) is 75.3 cm³/mol. The van der Waals surface area contributed by atoms with Crippen molar-refractivity contribution in [3.8, 4) is 0 Å². The van der Waals surface area contributed by atoms with Gasteiger partial charge in [0.25, 0.3) is 0 Å². The van der Waals surface area contributed by atoms with Gasteiger partial charge in [-0.25, -0.2) is 0 Å². The predicted octanol–water partition coefficient (Wildman–Crippen LogP) is 3.96. The van der Waals surface area contributed by atoms with Crippen LogP contribution in [0.1, 0.15) is 44.1 Å². The van der Waals surface area contributed by atoms with Crippen LogP contribution in [0.3, 0.4) is 0 Å². The molecule has 0 spiro atoms. The molecule has 2 rings (SSSR count). The van der Waals surface area contributed by atoms with Crippen LogP contribution in [-0.2, 0) is 0 Å². The van der Waals surface area contributed by atoms with Gasteiger partial charge in [0.1, 0.15) is 0 Å². The Hall–Kier alpha value is -1.18. The molecule has 0 unspecified atom stereocenters. The Morgan fingerprint density at radius 2 is 2.06 bits per heavy atom. The van der Waals surface area contributed by atoms with Gasteiger partial charge in [-0.1, -0.05) is 25.7 Å². The van der Waals surface area contributed by atoms with Crippen LogP contribution in [0.2, 0.25) is 0 Å². The monoisotopic (exact) mass is 232 g/mol. The fourth-order valence-electron chi connectivity index (χ4n) is 2.71. The summed E-state index contributed by atoms with van der Waals surface area (Å²) in [6.45, 7) is 3.14. The summed E-state index contributed by atoms with van der Waals surface area (Å²) in [5.41, 5.74) is 9.03. The molecule has 2 heteroatoms. The van der Waals surface area contributed by atoms with E-state index in [1.54, 1.807) is 0 Å². The van der Waals surface area contributed by atoms with Gasteiger partial charge < -0.3 is 11.1 Å². The average molecular weight is 232 g/mol. The molecule has 1 fully saturated rings. The Balaban J connectivity index is 1.68. The van der Waals surface area contributed by atoms with Crippen LogP contribution in [0.5, 0.6) is 0 Å². The van der Waals surface area contributed by atoms with E-state index in [0.29, 0.717) is 0 Å². The summed E-state index contributed by atoms with van der Waals surface area (Å²) in [6.07, 6.45) is 8.50. The number of nitrogens with one attached hydrogen (secondary N) is 1. The Bertz CT molecular complexity index is 354. The van der Waals surface area contributed by atoms with Gasteiger partial charge in [0.2, 0.25) is 0 Å². The highest BCUT2D eigenvalue weighted by Crippen LogP contribution is 2.28. The zero-order valence-electron chi connectivity index (χ0n) is 10.8. The topological polar surface area (TPSA) is 38.0 Å². The molecule has 0 amide bonds. The molecular formula is C15H24N2. The number of anilines is 2. The molecule has 3 N–H and O–H groups in total. The highest BCUT2D eigenvalue weighted by Gasteiger charge is 2.13. The van der Waals surface area contributed by atoms with Gasteiger partial charge in [0.15, 0.2) is 0 Å². The van der Waals surface area contributed by atoms with E-state index in [4.69, 9.17) is 5.73 Å². The first-order chi connectivity index (χ1) is 8.25. The van der Waals surface area contributed by atoms with E-state index in [9.17, 15) is 0 Å². The van der Waals surface area contributed by atoms with Gasteiger partial charge in [0.05, 0.1) is 0 Å². The molecule has 1 saturated carbocycles. The minimum atomic E-state index is 0.876. The summed E-state index contributed by atoms with van der Waals surface area (Å²) in [5.74, 6) is 1.00. The molecule has 1 aliphatic carbocycles. The van der Waals surface area contributed by atoms with Crippen molar-refractivity contribution in [1.82, 2.24) is 0 Å². The number of nitrogen functional groups attached to an aromatic ring is 1. The minimum Gasteiger partial charge on any atom is -0.399 e. The molecule has 0 atom stereocenters. The van der Waals surface area contributed by atoms with Crippen LogP contribution in [0.15, 0.2) is 18.2 Å². The van der Waals surface area contributed by atoms with Crippen molar-refractivity contribution in [1.29, 1.82) is 0 Å². The normalized spacial score (nSPS) is 16.3. The van der Waals surface area contributed by atoms with Crippen LogP contribution in [0.25, 0.3) is 0 Å². The van der Waals surface area contributed by atoms with Crippen LogP contribution in [-0.4, -0.2) is 6.54 Å². The van der Waals surface area contributed by atoms with Gasteiger partial charge >= 0.3 is 0 Å². The third-order valence-corrected chi connectivity index (χ3v) is 3.86. The van der Waals surface area contributed by atoms with Crippen molar-refractivity contribution in [3.63, 3.8) is 0 Å². The van der Waals surface area contributed by atoms with Crippen molar-refractivity contribution < 1.29 is 0 Å². The summed E-state index contributed by atoms with van der Waals surface area (Å²) in [4.78, 5) is 0. The molecule has 0 bridgehead atoms. The first-order valence-corrected chi connectivity index (χ1v) is 6.86. The molecule has 1 aromatic carbocycles. The summed E-state index contributed by atoms with van der Waals surface area (Å²) in [7, 11) is 0. The smallest absolute Gasteiger partial charge is 0.0345 e. The van der Waals surface area contributed by atoms with E-state index < -0.39 is 0 Å². The quantitative estimate of drug-likeness (QED) is 0.595. The summed E-state index contributed by atoms with van der Waals surface area (Å²) in [6, 6.07) is 6.18. The standard InChI is InChI=1S/C15H24N2/c1-12-11-14(8-9-15(12)16)17-10-4-7-13-5-2-3-6-13/h8-9,11,13,17H,2-7,10,16H2,1H3. The van der Waals surface area contributed by atoms with Crippen molar-refractivity contribution in [2.75, 3.05) is 17.6 Å². The van der Waals surface area contributed by atoms with E-state index in [-0.39, 0.29) is 0 Å². The number of nitrogens with two attached hydrogens (primary N) is 1. The second kappa shape index (κ2) is 5.95.